The zero-order chi connectivity index (χ0) is 10.6. The van der Waals surface area contributed by atoms with Crippen molar-refractivity contribution < 1.29 is 4.79 Å². The van der Waals surface area contributed by atoms with Gasteiger partial charge in [0.05, 0.1) is 18.2 Å². The Kier molecular flexibility index (Phi) is 3.43. The molecule has 0 amide bonds. The normalized spacial score (nSPS) is 12.1. The van der Waals surface area contributed by atoms with Crippen LogP contribution in [0.15, 0.2) is 12.3 Å². The molecule has 0 aliphatic rings. The Hall–Kier alpha value is -1.60. The van der Waals surface area contributed by atoms with Crippen LogP contribution in [-0.2, 0) is 18.3 Å². The van der Waals surface area contributed by atoms with Crippen molar-refractivity contribution in [2.75, 3.05) is 0 Å². The molecule has 0 bridgehead atoms. The Balaban J connectivity index is 2.53. The second-order valence-electron chi connectivity index (χ2n) is 3.14. The topological polar surface area (TPSA) is 60.9 Å². The molecule has 0 aliphatic heterocycles. The van der Waals surface area contributed by atoms with Crippen LogP contribution in [0.2, 0.25) is 0 Å². The van der Waals surface area contributed by atoms with Crippen LogP contribution in [0.1, 0.15) is 12.1 Å². The van der Waals surface area contributed by atoms with Crippen LogP contribution in [0.5, 0.6) is 0 Å². The highest BCUT2D eigenvalue weighted by molar-refractivity contribution is 5.85. The highest BCUT2D eigenvalue weighted by atomic mass is 16.1. The SMILES string of the molecule is C#CCC(N)C(=O)Cc1ccn(C)n1. The molecule has 1 rings (SSSR count). The smallest absolute Gasteiger partial charge is 0.156 e. The molecule has 4 nitrogen and oxygen atoms in total. The van der Waals surface area contributed by atoms with E-state index in [2.05, 4.69) is 11.0 Å². The van der Waals surface area contributed by atoms with Crippen LogP contribution >= 0.6 is 0 Å². The third-order valence-electron chi connectivity index (χ3n) is 1.88. The molecule has 4 heteroatoms. The van der Waals surface area contributed by atoms with Gasteiger partial charge >= 0.3 is 0 Å². The summed E-state index contributed by atoms with van der Waals surface area (Å²) in [4.78, 5) is 11.4. The molecule has 1 aromatic heterocycles. The van der Waals surface area contributed by atoms with Crippen LogP contribution in [0.25, 0.3) is 0 Å². The summed E-state index contributed by atoms with van der Waals surface area (Å²) in [6, 6.07) is 1.22. The summed E-state index contributed by atoms with van der Waals surface area (Å²) in [6.45, 7) is 0. The van der Waals surface area contributed by atoms with E-state index in [1.165, 1.54) is 0 Å². The molecule has 1 heterocycles. The van der Waals surface area contributed by atoms with E-state index >= 15 is 0 Å². The van der Waals surface area contributed by atoms with Crippen molar-refractivity contribution in [3.8, 4) is 12.3 Å². The lowest BCUT2D eigenvalue weighted by atomic mass is 10.1. The van der Waals surface area contributed by atoms with E-state index < -0.39 is 6.04 Å². The molecule has 0 aromatic carbocycles. The van der Waals surface area contributed by atoms with Crippen molar-refractivity contribution in [3.63, 3.8) is 0 Å². The molecule has 1 atom stereocenters. The summed E-state index contributed by atoms with van der Waals surface area (Å²) >= 11 is 0. The van der Waals surface area contributed by atoms with Crippen molar-refractivity contribution in [2.24, 2.45) is 12.8 Å². The van der Waals surface area contributed by atoms with E-state index in [-0.39, 0.29) is 18.6 Å². The van der Waals surface area contributed by atoms with Crippen molar-refractivity contribution in [3.05, 3.63) is 18.0 Å². The number of hydrogen-bond acceptors (Lipinski definition) is 3. The van der Waals surface area contributed by atoms with Crippen LogP contribution in [0, 0.1) is 12.3 Å². The molecule has 0 aliphatic carbocycles. The predicted octanol–water partition coefficient (Wildman–Crippen LogP) is -0.118. The standard InChI is InChI=1S/C10H13N3O/c1-3-4-9(11)10(14)7-8-5-6-13(2)12-8/h1,5-6,9H,4,7,11H2,2H3. The van der Waals surface area contributed by atoms with E-state index in [9.17, 15) is 4.79 Å². The van der Waals surface area contributed by atoms with Gasteiger partial charge in [-0.15, -0.1) is 12.3 Å². The van der Waals surface area contributed by atoms with Crippen LogP contribution in [-0.4, -0.2) is 21.6 Å². The van der Waals surface area contributed by atoms with Gasteiger partial charge < -0.3 is 5.73 Å². The lowest BCUT2D eigenvalue weighted by Gasteiger charge is -2.04. The van der Waals surface area contributed by atoms with Gasteiger partial charge in [0.1, 0.15) is 0 Å². The van der Waals surface area contributed by atoms with Gasteiger partial charge in [-0.05, 0) is 6.07 Å². The summed E-state index contributed by atoms with van der Waals surface area (Å²) in [5.74, 6) is 2.30. The fourth-order valence-corrected chi connectivity index (χ4v) is 1.11. The Morgan fingerprint density at radius 1 is 1.86 bits per heavy atom. The number of ketones is 1. The fraction of sp³-hybridized carbons (Fsp3) is 0.400. The number of aromatic nitrogens is 2. The molecule has 1 unspecified atom stereocenters. The van der Waals surface area contributed by atoms with Crippen LogP contribution in [0.3, 0.4) is 0 Å². The number of hydrogen-bond donors (Lipinski definition) is 1. The van der Waals surface area contributed by atoms with Crippen molar-refractivity contribution >= 4 is 5.78 Å². The fourth-order valence-electron chi connectivity index (χ4n) is 1.11. The molecular weight excluding hydrogens is 178 g/mol. The van der Waals surface area contributed by atoms with Gasteiger partial charge in [-0.2, -0.15) is 5.10 Å². The van der Waals surface area contributed by atoms with Gasteiger partial charge in [-0.1, -0.05) is 0 Å². The first-order chi connectivity index (χ1) is 6.63. The monoisotopic (exact) mass is 191 g/mol. The second-order valence-corrected chi connectivity index (χ2v) is 3.14. The minimum Gasteiger partial charge on any atom is -0.321 e. The molecule has 0 radical (unpaired) electrons. The first-order valence-electron chi connectivity index (χ1n) is 4.33. The Bertz CT molecular complexity index is 362. The zero-order valence-corrected chi connectivity index (χ0v) is 8.10. The largest absolute Gasteiger partial charge is 0.321 e. The van der Waals surface area contributed by atoms with Gasteiger partial charge in [-0.25, -0.2) is 0 Å². The predicted molar refractivity (Wildman–Crippen MR) is 53.3 cm³/mol. The number of aryl methyl sites for hydroxylation is 1. The van der Waals surface area contributed by atoms with Crippen LogP contribution < -0.4 is 5.73 Å². The highest BCUT2D eigenvalue weighted by Crippen LogP contribution is 1.99. The molecule has 1 aromatic rings. The third kappa shape index (κ3) is 2.71. The van der Waals surface area contributed by atoms with E-state index in [1.54, 1.807) is 24.0 Å². The lowest BCUT2D eigenvalue weighted by molar-refractivity contribution is -0.119. The van der Waals surface area contributed by atoms with E-state index in [4.69, 9.17) is 12.2 Å². The van der Waals surface area contributed by atoms with E-state index in [0.717, 1.165) is 5.69 Å². The Morgan fingerprint density at radius 3 is 3.07 bits per heavy atom. The summed E-state index contributed by atoms with van der Waals surface area (Å²) in [5.41, 5.74) is 6.28. The number of terminal acetylenes is 1. The number of carbonyl (C=O) groups excluding carboxylic acids is 1. The van der Waals surface area contributed by atoms with E-state index in [1.807, 2.05) is 0 Å². The van der Waals surface area contributed by atoms with Gasteiger partial charge in [0.15, 0.2) is 5.78 Å². The molecule has 14 heavy (non-hydrogen) atoms. The molecule has 0 fully saturated rings. The number of carbonyl (C=O) groups is 1. The maximum Gasteiger partial charge on any atom is 0.156 e. The third-order valence-corrected chi connectivity index (χ3v) is 1.88. The van der Waals surface area contributed by atoms with Crippen molar-refractivity contribution in [2.45, 2.75) is 18.9 Å². The first kappa shape index (κ1) is 10.5. The molecular formula is C10H13N3O. The Morgan fingerprint density at radius 2 is 2.57 bits per heavy atom. The minimum atomic E-state index is -0.568. The average molecular weight is 191 g/mol. The highest BCUT2D eigenvalue weighted by Gasteiger charge is 2.13. The summed E-state index contributed by atoms with van der Waals surface area (Å²) < 4.78 is 1.65. The van der Waals surface area contributed by atoms with Gasteiger partial charge in [0.25, 0.3) is 0 Å². The summed E-state index contributed by atoms with van der Waals surface area (Å²) in [7, 11) is 1.80. The van der Waals surface area contributed by atoms with Crippen molar-refractivity contribution in [1.82, 2.24) is 9.78 Å². The maximum atomic E-state index is 11.4. The van der Waals surface area contributed by atoms with Crippen LogP contribution in [0.4, 0.5) is 0 Å². The van der Waals surface area contributed by atoms with Crippen molar-refractivity contribution in [1.29, 1.82) is 0 Å². The molecule has 2 N–H and O–H groups in total. The first-order valence-corrected chi connectivity index (χ1v) is 4.33. The van der Waals surface area contributed by atoms with Gasteiger partial charge in [0.2, 0.25) is 0 Å². The number of nitrogens with zero attached hydrogens (tertiary/aromatic N) is 2. The molecule has 0 saturated heterocycles. The zero-order valence-electron chi connectivity index (χ0n) is 8.10. The number of Topliss-reactive ketones (excluding diaryl/α,β-unsaturated/α-hetero) is 1. The minimum absolute atomic E-state index is 0.0679. The number of rotatable bonds is 4. The van der Waals surface area contributed by atoms with Gasteiger partial charge in [0, 0.05) is 19.7 Å². The summed E-state index contributed by atoms with van der Waals surface area (Å²) in [6.07, 6.45) is 7.39. The molecule has 0 saturated carbocycles. The maximum absolute atomic E-state index is 11.4. The quantitative estimate of drug-likeness (QED) is 0.675. The summed E-state index contributed by atoms with van der Waals surface area (Å²) in [5, 5.41) is 4.08. The number of nitrogens with two attached hydrogens (primary N) is 1. The second kappa shape index (κ2) is 4.58. The average Bonchev–Trinajstić information content (AvgIpc) is 2.51. The molecule has 74 valence electrons. The Labute approximate surface area is 83.1 Å². The van der Waals surface area contributed by atoms with E-state index in [0.29, 0.717) is 0 Å². The molecule has 0 spiro atoms. The lowest BCUT2D eigenvalue weighted by Crippen LogP contribution is -2.31. The van der Waals surface area contributed by atoms with Gasteiger partial charge in [-0.3, -0.25) is 9.48 Å².